The summed E-state index contributed by atoms with van der Waals surface area (Å²) in [6.07, 6.45) is 6.28. The standard InChI is InChI=1S/C16H23FN2O/c1-19-13-5-4-6-14(19)10-12(9-13)18-15-7-2-3-8-16(15)20-11-17/h2-3,7-8,12-14,18H,4-6,9-11H2,1H3/t12?,13-,14?/m1/s1. The SMILES string of the molecule is CN1C2CCC[C@@H]1CC(Nc1ccccc1OCF)C2. The summed E-state index contributed by atoms with van der Waals surface area (Å²) < 4.78 is 17.5. The van der Waals surface area contributed by atoms with E-state index in [2.05, 4.69) is 17.3 Å². The van der Waals surface area contributed by atoms with Crippen LogP contribution in [0.5, 0.6) is 5.75 Å². The number of benzene rings is 1. The molecule has 0 aromatic heterocycles. The minimum atomic E-state index is -0.780. The van der Waals surface area contributed by atoms with E-state index < -0.39 is 6.86 Å². The Balaban J connectivity index is 1.69. The van der Waals surface area contributed by atoms with Crippen LogP contribution >= 0.6 is 0 Å². The van der Waals surface area contributed by atoms with Gasteiger partial charge in [-0.2, -0.15) is 0 Å². The number of halogens is 1. The smallest absolute Gasteiger partial charge is 0.228 e. The molecule has 2 aliphatic heterocycles. The van der Waals surface area contributed by atoms with Crippen molar-refractivity contribution in [3.63, 3.8) is 0 Å². The van der Waals surface area contributed by atoms with Crippen LogP contribution in [0.1, 0.15) is 32.1 Å². The van der Waals surface area contributed by atoms with Crippen molar-refractivity contribution in [1.82, 2.24) is 4.90 Å². The second-order valence-electron chi connectivity index (χ2n) is 5.97. The van der Waals surface area contributed by atoms with Gasteiger partial charge in [0, 0.05) is 18.1 Å². The average molecular weight is 278 g/mol. The molecule has 2 saturated heterocycles. The van der Waals surface area contributed by atoms with Crippen molar-refractivity contribution in [2.45, 2.75) is 50.2 Å². The second kappa shape index (κ2) is 6.00. The number of alkyl halides is 1. The summed E-state index contributed by atoms with van der Waals surface area (Å²) in [4.78, 5) is 2.55. The van der Waals surface area contributed by atoms with E-state index in [1.807, 2.05) is 24.3 Å². The van der Waals surface area contributed by atoms with Crippen LogP contribution < -0.4 is 10.1 Å². The van der Waals surface area contributed by atoms with Crippen molar-refractivity contribution in [2.24, 2.45) is 0 Å². The molecule has 2 aliphatic rings. The number of fused-ring (bicyclic) bond motifs is 2. The van der Waals surface area contributed by atoms with Crippen LogP contribution in [0.3, 0.4) is 0 Å². The van der Waals surface area contributed by atoms with Gasteiger partial charge in [0.1, 0.15) is 5.75 Å². The number of ether oxygens (including phenoxy) is 1. The van der Waals surface area contributed by atoms with Gasteiger partial charge in [0.05, 0.1) is 5.69 Å². The molecular weight excluding hydrogens is 255 g/mol. The van der Waals surface area contributed by atoms with Crippen molar-refractivity contribution in [2.75, 3.05) is 19.2 Å². The number of nitrogens with one attached hydrogen (secondary N) is 1. The molecular formula is C16H23FN2O. The number of rotatable bonds is 4. The molecule has 2 fully saturated rings. The van der Waals surface area contributed by atoms with Crippen LogP contribution in [-0.4, -0.2) is 36.9 Å². The Kier molecular flexibility index (Phi) is 4.10. The first-order chi connectivity index (χ1) is 9.78. The molecule has 0 radical (unpaired) electrons. The lowest BCUT2D eigenvalue weighted by Crippen LogP contribution is -2.52. The molecule has 1 N–H and O–H groups in total. The fourth-order valence-corrected chi connectivity index (χ4v) is 3.72. The average Bonchev–Trinajstić information content (AvgIpc) is 2.42. The van der Waals surface area contributed by atoms with Crippen LogP contribution in [0.4, 0.5) is 10.1 Å². The molecule has 3 rings (SSSR count). The van der Waals surface area contributed by atoms with E-state index in [0.717, 1.165) is 18.5 Å². The van der Waals surface area contributed by atoms with Gasteiger partial charge in [0.2, 0.25) is 6.86 Å². The molecule has 1 aromatic carbocycles. The van der Waals surface area contributed by atoms with Crippen molar-refractivity contribution < 1.29 is 9.13 Å². The van der Waals surface area contributed by atoms with E-state index in [9.17, 15) is 4.39 Å². The minimum absolute atomic E-state index is 0.464. The van der Waals surface area contributed by atoms with Crippen LogP contribution in [0.2, 0.25) is 0 Å². The minimum Gasteiger partial charge on any atom is -0.461 e. The molecule has 110 valence electrons. The topological polar surface area (TPSA) is 24.5 Å². The zero-order valence-corrected chi connectivity index (χ0v) is 12.0. The van der Waals surface area contributed by atoms with E-state index in [-0.39, 0.29) is 0 Å². The highest BCUT2D eigenvalue weighted by atomic mass is 19.1. The number of nitrogens with zero attached hydrogens (tertiary/aromatic N) is 1. The lowest BCUT2D eigenvalue weighted by Gasteiger charge is -2.47. The molecule has 3 atom stereocenters. The molecule has 2 heterocycles. The first-order valence-electron chi connectivity index (χ1n) is 7.54. The predicted molar refractivity (Wildman–Crippen MR) is 78.9 cm³/mol. The van der Waals surface area contributed by atoms with Gasteiger partial charge in [-0.25, -0.2) is 4.39 Å². The molecule has 2 bridgehead atoms. The number of hydrogen-bond acceptors (Lipinski definition) is 3. The highest BCUT2D eigenvalue weighted by Crippen LogP contribution is 2.35. The highest BCUT2D eigenvalue weighted by molar-refractivity contribution is 5.56. The fourth-order valence-electron chi connectivity index (χ4n) is 3.72. The zero-order valence-electron chi connectivity index (χ0n) is 12.0. The first-order valence-corrected chi connectivity index (χ1v) is 7.54. The van der Waals surface area contributed by atoms with Crippen LogP contribution in [-0.2, 0) is 0 Å². The largest absolute Gasteiger partial charge is 0.461 e. The molecule has 2 unspecified atom stereocenters. The van der Waals surface area contributed by atoms with Crippen LogP contribution in [0.25, 0.3) is 0 Å². The molecule has 0 amide bonds. The van der Waals surface area contributed by atoms with Gasteiger partial charge in [-0.15, -0.1) is 0 Å². The van der Waals surface area contributed by atoms with Crippen molar-refractivity contribution >= 4 is 5.69 Å². The maximum Gasteiger partial charge on any atom is 0.228 e. The summed E-state index contributed by atoms with van der Waals surface area (Å²) in [5, 5.41) is 3.57. The Morgan fingerprint density at radius 1 is 1.25 bits per heavy atom. The van der Waals surface area contributed by atoms with Crippen LogP contribution in [0, 0.1) is 0 Å². The lowest BCUT2D eigenvalue weighted by atomic mass is 9.82. The summed E-state index contributed by atoms with van der Waals surface area (Å²) in [5.74, 6) is 0.610. The summed E-state index contributed by atoms with van der Waals surface area (Å²) in [6, 6.07) is 9.47. The zero-order chi connectivity index (χ0) is 13.9. The number of piperidine rings is 2. The summed E-state index contributed by atoms with van der Waals surface area (Å²) in [7, 11) is 2.25. The molecule has 4 heteroatoms. The van der Waals surface area contributed by atoms with E-state index in [0.29, 0.717) is 23.9 Å². The predicted octanol–water partition coefficient (Wildman–Crippen LogP) is 3.42. The van der Waals surface area contributed by atoms with E-state index in [4.69, 9.17) is 4.74 Å². The Hall–Kier alpha value is -1.29. The van der Waals surface area contributed by atoms with Crippen LogP contribution in [0.15, 0.2) is 24.3 Å². The van der Waals surface area contributed by atoms with Crippen molar-refractivity contribution in [1.29, 1.82) is 0 Å². The number of hydrogen-bond donors (Lipinski definition) is 1. The van der Waals surface area contributed by atoms with Gasteiger partial charge in [-0.05, 0) is 44.9 Å². The monoisotopic (exact) mass is 278 g/mol. The fraction of sp³-hybridized carbons (Fsp3) is 0.625. The molecule has 0 saturated carbocycles. The van der Waals surface area contributed by atoms with Gasteiger partial charge >= 0.3 is 0 Å². The summed E-state index contributed by atoms with van der Waals surface area (Å²) >= 11 is 0. The van der Waals surface area contributed by atoms with E-state index in [1.54, 1.807) is 0 Å². The second-order valence-corrected chi connectivity index (χ2v) is 5.97. The quantitative estimate of drug-likeness (QED) is 0.913. The molecule has 3 nitrogen and oxygen atoms in total. The molecule has 0 spiro atoms. The summed E-state index contributed by atoms with van der Waals surface area (Å²) in [6.45, 7) is -0.780. The highest BCUT2D eigenvalue weighted by Gasteiger charge is 2.35. The molecule has 0 aliphatic carbocycles. The van der Waals surface area contributed by atoms with Gasteiger partial charge < -0.3 is 15.0 Å². The molecule has 1 aromatic rings. The number of para-hydroxylation sites is 2. The normalized spacial score (nSPS) is 30.0. The Labute approximate surface area is 120 Å². The van der Waals surface area contributed by atoms with Gasteiger partial charge in [-0.1, -0.05) is 18.6 Å². The van der Waals surface area contributed by atoms with Gasteiger partial charge in [0.25, 0.3) is 0 Å². The maximum absolute atomic E-state index is 12.4. The first kappa shape index (κ1) is 13.7. The summed E-state index contributed by atoms with van der Waals surface area (Å²) in [5.41, 5.74) is 0.915. The van der Waals surface area contributed by atoms with Crippen molar-refractivity contribution in [3.8, 4) is 5.75 Å². The number of anilines is 1. The Bertz CT molecular complexity index is 440. The van der Waals surface area contributed by atoms with E-state index in [1.165, 1.54) is 19.3 Å². The third kappa shape index (κ3) is 2.75. The maximum atomic E-state index is 12.4. The lowest BCUT2D eigenvalue weighted by molar-refractivity contribution is 0.0607. The van der Waals surface area contributed by atoms with Gasteiger partial charge in [0.15, 0.2) is 0 Å². The molecule has 20 heavy (non-hydrogen) atoms. The Morgan fingerprint density at radius 2 is 1.95 bits per heavy atom. The Morgan fingerprint density at radius 3 is 2.65 bits per heavy atom. The van der Waals surface area contributed by atoms with Gasteiger partial charge in [-0.3, -0.25) is 0 Å². The van der Waals surface area contributed by atoms with E-state index >= 15 is 0 Å². The van der Waals surface area contributed by atoms with Crippen molar-refractivity contribution in [3.05, 3.63) is 24.3 Å². The third-order valence-electron chi connectivity index (χ3n) is 4.80. The third-order valence-corrected chi connectivity index (χ3v) is 4.80.